The van der Waals surface area contributed by atoms with Gasteiger partial charge in [-0.05, 0) is 13.5 Å². The zero-order valence-corrected chi connectivity index (χ0v) is 7.53. The second-order valence-electron chi connectivity index (χ2n) is 2.02. The maximum Gasteiger partial charge on any atom is 0.370 e. The molecule has 0 saturated carbocycles. The molecule has 0 aromatic rings. The van der Waals surface area contributed by atoms with E-state index in [1.165, 1.54) is 14.0 Å². The molecule has 0 spiro atoms. The minimum absolute atomic E-state index is 0.176. The zero-order valence-electron chi connectivity index (χ0n) is 7.53. The fourth-order valence-corrected chi connectivity index (χ4v) is 0.0873. The van der Waals surface area contributed by atoms with Crippen LogP contribution in [-0.4, -0.2) is 29.3 Å². The lowest BCUT2D eigenvalue weighted by atomic mass is 10.4. The van der Waals surface area contributed by atoms with Gasteiger partial charge in [-0.1, -0.05) is 6.58 Å². The topological polar surface area (TPSA) is 83.8 Å². The molecule has 5 nitrogen and oxygen atoms in total. The van der Waals surface area contributed by atoms with Crippen molar-refractivity contribution in [2.75, 3.05) is 7.11 Å². The lowest BCUT2D eigenvalue weighted by molar-refractivity contribution is -0.136. The monoisotopic (exact) mass is 188 g/mol. The molecule has 0 saturated heterocycles. The Hall–Kier alpha value is -1.78. The van der Waals surface area contributed by atoms with Crippen molar-refractivity contribution in [3.63, 3.8) is 0 Å². The minimum atomic E-state index is -1.12. The molecular formula is C8H12O5. The maximum absolute atomic E-state index is 9.71. The first-order chi connectivity index (χ1) is 5.82. The predicted molar refractivity (Wildman–Crippen MR) is 46.2 cm³/mol. The third-order valence-corrected chi connectivity index (χ3v) is 0.850. The van der Waals surface area contributed by atoms with Crippen molar-refractivity contribution >= 4 is 11.9 Å². The Balaban J connectivity index is 0. The second-order valence-corrected chi connectivity index (χ2v) is 2.02. The average molecular weight is 188 g/mol. The highest BCUT2D eigenvalue weighted by atomic mass is 16.5. The van der Waals surface area contributed by atoms with E-state index < -0.39 is 11.9 Å². The predicted octanol–water partition coefficient (Wildman–Crippen LogP) is 0.878. The molecule has 0 aliphatic rings. The molecule has 0 amide bonds. The van der Waals surface area contributed by atoms with Gasteiger partial charge in [0.05, 0.1) is 7.11 Å². The zero-order chi connectivity index (χ0) is 11.0. The number of rotatable bonds is 3. The summed E-state index contributed by atoms with van der Waals surface area (Å²) in [6.45, 7) is 7.65. The number of aliphatic carboxylic acids is 2. The molecule has 0 aromatic heterocycles. The molecule has 0 rings (SSSR count). The molecule has 0 heterocycles. The SMILES string of the molecule is C=C(C)C(=O)O.C=C(OC)C(=O)O. The summed E-state index contributed by atoms with van der Waals surface area (Å²) in [5.41, 5.74) is 0.176. The van der Waals surface area contributed by atoms with Gasteiger partial charge in [-0.2, -0.15) is 0 Å². The number of hydrogen-bond acceptors (Lipinski definition) is 3. The Morgan fingerprint density at radius 1 is 1.15 bits per heavy atom. The summed E-state index contributed by atoms with van der Waals surface area (Å²) in [4.78, 5) is 19.3. The van der Waals surface area contributed by atoms with Gasteiger partial charge in [0.2, 0.25) is 0 Å². The summed E-state index contributed by atoms with van der Waals surface area (Å²) in [5.74, 6) is -2.29. The smallest absolute Gasteiger partial charge is 0.370 e. The molecule has 0 aliphatic heterocycles. The highest BCUT2D eigenvalue weighted by molar-refractivity contribution is 5.84. The van der Waals surface area contributed by atoms with E-state index in [0.717, 1.165) is 0 Å². The van der Waals surface area contributed by atoms with E-state index in [1.807, 2.05) is 0 Å². The van der Waals surface area contributed by atoms with Crippen LogP contribution in [0.4, 0.5) is 0 Å². The second kappa shape index (κ2) is 6.90. The van der Waals surface area contributed by atoms with Crippen molar-refractivity contribution in [1.82, 2.24) is 0 Å². The summed E-state index contributed by atoms with van der Waals surface area (Å²) in [5, 5.41) is 15.8. The van der Waals surface area contributed by atoms with E-state index in [1.54, 1.807) is 0 Å². The van der Waals surface area contributed by atoms with Crippen molar-refractivity contribution in [2.45, 2.75) is 6.92 Å². The van der Waals surface area contributed by atoms with Crippen molar-refractivity contribution < 1.29 is 24.5 Å². The van der Waals surface area contributed by atoms with E-state index in [-0.39, 0.29) is 11.3 Å². The van der Waals surface area contributed by atoms with Gasteiger partial charge in [0, 0.05) is 5.57 Å². The standard InChI is InChI=1S/C4H6O3.C4H6O2/c1-3(7-2)4(5)6;1-3(2)4(5)6/h1H2,2H3,(H,5,6);1H2,2H3,(H,5,6). The third-order valence-electron chi connectivity index (χ3n) is 0.850. The van der Waals surface area contributed by atoms with Crippen LogP contribution >= 0.6 is 0 Å². The Morgan fingerprint density at radius 2 is 1.46 bits per heavy atom. The van der Waals surface area contributed by atoms with E-state index in [9.17, 15) is 9.59 Å². The van der Waals surface area contributed by atoms with Crippen LogP contribution in [0.3, 0.4) is 0 Å². The van der Waals surface area contributed by atoms with E-state index >= 15 is 0 Å². The van der Waals surface area contributed by atoms with Crippen LogP contribution < -0.4 is 0 Å². The molecule has 5 heteroatoms. The minimum Gasteiger partial charge on any atom is -0.490 e. The largest absolute Gasteiger partial charge is 0.490 e. The summed E-state index contributed by atoms with van der Waals surface area (Å²) in [6.07, 6.45) is 0. The van der Waals surface area contributed by atoms with Gasteiger partial charge in [-0.3, -0.25) is 0 Å². The van der Waals surface area contributed by atoms with E-state index in [0.29, 0.717) is 0 Å². The van der Waals surface area contributed by atoms with Crippen LogP contribution in [-0.2, 0) is 14.3 Å². The highest BCUT2D eigenvalue weighted by Gasteiger charge is 1.98. The van der Waals surface area contributed by atoms with E-state index in [2.05, 4.69) is 17.9 Å². The fourth-order valence-electron chi connectivity index (χ4n) is 0.0873. The summed E-state index contributed by atoms with van der Waals surface area (Å²) in [7, 11) is 1.26. The van der Waals surface area contributed by atoms with Crippen LogP contribution in [0.1, 0.15) is 6.92 Å². The van der Waals surface area contributed by atoms with Crippen molar-refractivity contribution in [1.29, 1.82) is 0 Å². The quantitative estimate of drug-likeness (QED) is 0.507. The summed E-state index contributed by atoms with van der Waals surface area (Å²) in [6, 6.07) is 0. The molecule has 0 atom stereocenters. The van der Waals surface area contributed by atoms with Crippen molar-refractivity contribution in [3.8, 4) is 0 Å². The number of ether oxygens (including phenoxy) is 1. The van der Waals surface area contributed by atoms with Crippen LogP contribution in [0.15, 0.2) is 24.5 Å². The first kappa shape index (κ1) is 13.8. The van der Waals surface area contributed by atoms with Crippen molar-refractivity contribution in [3.05, 3.63) is 24.5 Å². The Labute approximate surface area is 75.9 Å². The van der Waals surface area contributed by atoms with Crippen LogP contribution in [0, 0.1) is 0 Å². The van der Waals surface area contributed by atoms with E-state index in [4.69, 9.17) is 10.2 Å². The van der Waals surface area contributed by atoms with Gasteiger partial charge in [0.1, 0.15) is 0 Å². The van der Waals surface area contributed by atoms with Crippen LogP contribution in [0.5, 0.6) is 0 Å². The van der Waals surface area contributed by atoms with Gasteiger partial charge in [0.15, 0.2) is 5.76 Å². The van der Waals surface area contributed by atoms with Gasteiger partial charge in [-0.15, -0.1) is 0 Å². The van der Waals surface area contributed by atoms with Crippen molar-refractivity contribution in [2.24, 2.45) is 0 Å². The average Bonchev–Trinajstić information content (AvgIpc) is 2.03. The summed E-state index contributed by atoms with van der Waals surface area (Å²) < 4.78 is 4.22. The van der Waals surface area contributed by atoms with Gasteiger partial charge in [-0.25, -0.2) is 9.59 Å². The molecule has 0 fully saturated rings. The lowest BCUT2D eigenvalue weighted by Crippen LogP contribution is -1.99. The van der Waals surface area contributed by atoms with Gasteiger partial charge < -0.3 is 14.9 Å². The summed E-state index contributed by atoms with van der Waals surface area (Å²) >= 11 is 0. The van der Waals surface area contributed by atoms with Gasteiger partial charge in [0.25, 0.3) is 0 Å². The first-order valence-electron chi connectivity index (χ1n) is 3.17. The fraction of sp³-hybridized carbons (Fsp3) is 0.250. The lowest BCUT2D eigenvalue weighted by Gasteiger charge is -1.92. The Kier molecular flexibility index (Phi) is 7.32. The molecule has 0 unspecified atom stereocenters. The van der Waals surface area contributed by atoms with Crippen LogP contribution in [0.2, 0.25) is 0 Å². The third kappa shape index (κ3) is 10.2. The number of carboxylic acid groups (broad SMARTS) is 2. The molecule has 0 bridgehead atoms. The first-order valence-corrected chi connectivity index (χ1v) is 3.17. The highest BCUT2D eigenvalue weighted by Crippen LogP contribution is 1.86. The Bertz CT molecular complexity index is 217. The molecule has 2 N–H and O–H groups in total. The molecule has 13 heavy (non-hydrogen) atoms. The number of carbonyl (C=O) groups is 2. The molecular weight excluding hydrogens is 176 g/mol. The molecule has 0 radical (unpaired) electrons. The maximum atomic E-state index is 9.71. The molecule has 0 aliphatic carbocycles. The molecule has 0 aromatic carbocycles. The molecule has 74 valence electrons. The number of hydrogen-bond donors (Lipinski definition) is 2. The number of methoxy groups -OCH3 is 1. The van der Waals surface area contributed by atoms with Gasteiger partial charge >= 0.3 is 11.9 Å². The van der Waals surface area contributed by atoms with Crippen LogP contribution in [0.25, 0.3) is 0 Å². The number of carboxylic acids is 2. The Morgan fingerprint density at radius 3 is 1.46 bits per heavy atom. The normalized spacial score (nSPS) is 7.54.